The Morgan fingerprint density at radius 2 is 1.82 bits per heavy atom. The van der Waals surface area contributed by atoms with E-state index in [-0.39, 0.29) is 22.0 Å². The first-order chi connectivity index (χ1) is 15.4. The largest absolute Gasteiger partial charge is 0.497 e. The van der Waals surface area contributed by atoms with Crippen LogP contribution in [0.3, 0.4) is 0 Å². The number of benzene rings is 1. The van der Waals surface area contributed by atoms with E-state index in [1.165, 1.54) is 43.5 Å². The molecule has 1 N–H and O–H groups in total. The molecule has 3 heterocycles. The minimum Gasteiger partial charge on any atom is -0.497 e. The summed E-state index contributed by atoms with van der Waals surface area (Å²) in [6.07, 6.45) is -10.3. The molecule has 0 saturated carbocycles. The molecule has 1 aromatic carbocycles. The maximum absolute atomic E-state index is 13.9. The molecule has 3 aromatic rings. The van der Waals surface area contributed by atoms with Crippen molar-refractivity contribution in [2.45, 2.75) is 24.5 Å². The zero-order valence-corrected chi connectivity index (χ0v) is 16.6. The topological polar surface area (TPSA) is 84.0 Å². The first-order valence-corrected chi connectivity index (χ1v) is 9.24. The standard InChI is InChI=1S/C20H14F6N4O3/c1-32-12-5-2-4-11(8-12)14-10-18(31,20(24,25)26)30(29-14)17-27-13(15-6-3-7-33-15)9-16(28-17)19(21,22)23/h2-9,31H,10H2,1H3/t18-/m0/s1. The maximum Gasteiger partial charge on any atom is 0.438 e. The number of halogens is 6. The summed E-state index contributed by atoms with van der Waals surface area (Å²) < 4.78 is 92.2. The fourth-order valence-corrected chi connectivity index (χ4v) is 3.16. The van der Waals surface area contributed by atoms with Crippen LogP contribution in [0.5, 0.6) is 5.75 Å². The molecule has 0 saturated heterocycles. The lowest BCUT2D eigenvalue weighted by molar-refractivity contribution is -0.254. The van der Waals surface area contributed by atoms with Crippen LogP contribution in [0.25, 0.3) is 11.5 Å². The van der Waals surface area contributed by atoms with Crippen LogP contribution in [0.15, 0.2) is 58.2 Å². The third kappa shape index (κ3) is 4.11. The monoisotopic (exact) mass is 472 g/mol. The molecule has 33 heavy (non-hydrogen) atoms. The Kier molecular flexibility index (Phi) is 5.31. The second-order valence-electron chi connectivity index (χ2n) is 7.00. The first-order valence-electron chi connectivity index (χ1n) is 9.24. The van der Waals surface area contributed by atoms with E-state index in [0.29, 0.717) is 11.8 Å². The van der Waals surface area contributed by atoms with Gasteiger partial charge in [-0.25, -0.2) is 9.97 Å². The summed E-state index contributed by atoms with van der Waals surface area (Å²) in [5.74, 6) is -0.940. The minimum atomic E-state index is -5.32. The summed E-state index contributed by atoms with van der Waals surface area (Å²) in [5, 5.41) is 14.3. The van der Waals surface area contributed by atoms with Gasteiger partial charge in [0.15, 0.2) is 11.5 Å². The van der Waals surface area contributed by atoms with Crippen molar-refractivity contribution in [3.63, 3.8) is 0 Å². The summed E-state index contributed by atoms with van der Waals surface area (Å²) in [7, 11) is 1.35. The lowest BCUT2D eigenvalue weighted by Crippen LogP contribution is -2.55. The predicted molar refractivity (Wildman–Crippen MR) is 102 cm³/mol. The Labute approximate surface area is 181 Å². The van der Waals surface area contributed by atoms with E-state index >= 15 is 0 Å². The van der Waals surface area contributed by atoms with Crippen molar-refractivity contribution in [2.24, 2.45) is 5.10 Å². The molecule has 1 aliphatic heterocycles. The quantitative estimate of drug-likeness (QED) is 0.558. The van der Waals surface area contributed by atoms with E-state index in [4.69, 9.17) is 9.15 Å². The van der Waals surface area contributed by atoms with E-state index < -0.39 is 41.8 Å². The lowest BCUT2D eigenvalue weighted by Gasteiger charge is -2.32. The number of ether oxygens (including phenoxy) is 1. The van der Waals surface area contributed by atoms with E-state index in [0.717, 1.165) is 6.26 Å². The number of hydrazone groups is 1. The number of hydrogen-bond donors (Lipinski definition) is 1. The van der Waals surface area contributed by atoms with Crippen molar-refractivity contribution in [2.75, 3.05) is 12.1 Å². The van der Waals surface area contributed by atoms with Crippen molar-refractivity contribution < 1.29 is 40.6 Å². The van der Waals surface area contributed by atoms with Crippen LogP contribution in [-0.2, 0) is 6.18 Å². The Hall–Kier alpha value is -3.61. The highest BCUT2D eigenvalue weighted by molar-refractivity contribution is 6.03. The zero-order chi connectivity index (χ0) is 24.0. The summed E-state index contributed by atoms with van der Waals surface area (Å²) in [5.41, 5.74) is -5.76. The number of furan rings is 1. The van der Waals surface area contributed by atoms with E-state index in [9.17, 15) is 31.4 Å². The number of alkyl halides is 6. The zero-order valence-electron chi connectivity index (χ0n) is 16.6. The van der Waals surface area contributed by atoms with Gasteiger partial charge in [-0.3, -0.25) is 0 Å². The molecule has 0 radical (unpaired) electrons. The van der Waals surface area contributed by atoms with E-state index in [1.807, 2.05) is 0 Å². The maximum atomic E-state index is 13.9. The third-order valence-electron chi connectivity index (χ3n) is 4.81. The van der Waals surface area contributed by atoms with Crippen LogP contribution >= 0.6 is 0 Å². The average Bonchev–Trinajstić information content (AvgIpc) is 3.41. The molecule has 0 fully saturated rings. The van der Waals surface area contributed by atoms with Gasteiger partial charge in [0.05, 0.1) is 25.5 Å². The average molecular weight is 472 g/mol. The summed E-state index contributed by atoms with van der Waals surface area (Å²) in [6.45, 7) is 0. The number of aromatic nitrogens is 2. The molecular formula is C20H14F6N4O3. The van der Waals surface area contributed by atoms with Crippen molar-refractivity contribution in [1.29, 1.82) is 0 Å². The molecule has 1 aliphatic rings. The van der Waals surface area contributed by atoms with Crippen LogP contribution in [0.4, 0.5) is 32.3 Å². The van der Waals surface area contributed by atoms with Gasteiger partial charge in [0.25, 0.3) is 5.72 Å². The molecule has 0 amide bonds. The molecule has 174 valence electrons. The highest BCUT2D eigenvalue weighted by atomic mass is 19.4. The number of rotatable bonds is 4. The molecule has 0 spiro atoms. The highest BCUT2D eigenvalue weighted by Crippen LogP contribution is 2.44. The van der Waals surface area contributed by atoms with Gasteiger partial charge < -0.3 is 14.3 Å². The molecular weight excluding hydrogens is 458 g/mol. The van der Waals surface area contributed by atoms with Crippen molar-refractivity contribution in [3.8, 4) is 17.2 Å². The minimum absolute atomic E-state index is 0.0521. The van der Waals surface area contributed by atoms with Gasteiger partial charge >= 0.3 is 12.4 Å². The van der Waals surface area contributed by atoms with Crippen molar-refractivity contribution in [1.82, 2.24) is 9.97 Å². The number of hydrogen-bond acceptors (Lipinski definition) is 7. The van der Waals surface area contributed by atoms with Gasteiger partial charge in [-0.2, -0.15) is 36.5 Å². The molecule has 0 bridgehead atoms. The summed E-state index contributed by atoms with van der Waals surface area (Å²) in [6, 6.07) is 8.99. The molecule has 7 nitrogen and oxygen atoms in total. The Morgan fingerprint density at radius 3 is 2.42 bits per heavy atom. The van der Waals surface area contributed by atoms with E-state index in [1.54, 1.807) is 0 Å². The number of nitrogens with zero attached hydrogens (tertiary/aromatic N) is 4. The van der Waals surface area contributed by atoms with Crippen LogP contribution in [-0.4, -0.2) is 39.8 Å². The van der Waals surface area contributed by atoms with Gasteiger partial charge in [-0.05, 0) is 30.3 Å². The van der Waals surface area contributed by atoms with Gasteiger partial charge in [0, 0.05) is 5.56 Å². The summed E-state index contributed by atoms with van der Waals surface area (Å²) in [4.78, 5) is 7.00. The predicted octanol–water partition coefficient (Wildman–Crippen LogP) is 4.63. The normalized spacial score (nSPS) is 19.0. The Morgan fingerprint density at radius 1 is 1.06 bits per heavy atom. The van der Waals surface area contributed by atoms with Crippen LogP contribution in [0.1, 0.15) is 17.7 Å². The molecule has 1 atom stereocenters. The fourth-order valence-electron chi connectivity index (χ4n) is 3.16. The molecule has 2 aromatic heterocycles. The first kappa shape index (κ1) is 22.6. The lowest BCUT2D eigenvalue weighted by atomic mass is 10.0. The number of aliphatic hydroxyl groups is 1. The number of methoxy groups -OCH3 is 1. The number of anilines is 1. The van der Waals surface area contributed by atoms with Gasteiger partial charge in [-0.1, -0.05) is 12.1 Å². The van der Waals surface area contributed by atoms with E-state index in [2.05, 4.69) is 15.1 Å². The van der Waals surface area contributed by atoms with Crippen molar-refractivity contribution >= 4 is 11.7 Å². The van der Waals surface area contributed by atoms with Crippen molar-refractivity contribution in [3.05, 3.63) is 60.0 Å². The molecule has 13 heteroatoms. The fraction of sp³-hybridized carbons (Fsp3) is 0.250. The Balaban J connectivity index is 1.90. The Bertz CT molecular complexity index is 1190. The van der Waals surface area contributed by atoms with Gasteiger partial charge in [-0.15, -0.1) is 0 Å². The summed E-state index contributed by atoms with van der Waals surface area (Å²) >= 11 is 0. The second kappa shape index (κ2) is 7.76. The SMILES string of the molecule is COc1cccc(C2=NN(c3nc(-c4ccco4)cc(C(F)(F)F)n3)[C@@](O)(C(F)(F)F)C2)c1. The highest BCUT2D eigenvalue weighted by Gasteiger charge is 2.63. The van der Waals surface area contributed by atoms with Crippen LogP contribution in [0, 0.1) is 0 Å². The molecule has 0 aliphatic carbocycles. The van der Waals surface area contributed by atoms with Gasteiger partial charge in [0.1, 0.15) is 11.4 Å². The third-order valence-corrected chi connectivity index (χ3v) is 4.81. The smallest absolute Gasteiger partial charge is 0.438 e. The van der Waals surface area contributed by atoms with Gasteiger partial charge in [0.2, 0.25) is 5.95 Å². The van der Waals surface area contributed by atoms with Crippen LogP contribution < -0.4 is 9.75 Å². The molecule has 4 rings (SSSR count). The second-order valence-corrected chi connectivity index (χ2v) is 7.00. The molecule has 0 unspecified atom stereocenters. The van der Waals surface area contributed by atoms with Crippen LogP contribution in [0.2, 0.25) is 0 Å².